The van der Waals surface area contributed by atoms with Crippen molar-refractivity contribution in [1.82, 2.24) is 25.0 Å². The van der Waals surface area contributed by atoms with Gasteiger partial charge in [0.25, 0.3) is 0 Å². The minimum atomic E-state index is -0.246. The van der Waals surface area contributed by atoms with Gasteiger partial charge in [-0.05, 0) is 67.2 Å². The van der Waals surface area contributed by atoms with Crippen LogP contribution >= 0.6 is 11.6 Å². The minimum absolute atomic E-state index is 0.0216. The van der Waals surface area contributed by atoms with E-state index in [1.807, 2.05) is 46.2 Å². The molecule has 2 fully saturated rings. The summed E-state index contributed by atoms with van der Waals surface area (Å²) < 4.78 is 1.88. The molecule has 0 radical (unpaired) electrons. The van der Waals surface area contributed by atoms with Crippen molar-refractivity contribution in [2.24, 2.45) is 17.8 Å². The second kappa shape index (κ2) is 12.1. The van der Waals surface area contributed by atoms with Crippen LogP contribution in [0.5, 0.6) is 0 Å². The second-order valence-corrected chi connectivity index (χ2v) is 11.1. The zero-order valence-corrected chi connectivity index (χ0v) is 23.0. The molecular formula is C30H31ClN6O3. The van der Waals surface area contributed by atoms with Gasteiger partial charge in [0.1, 0.15) is 11.7 Å². The van der Waals surface area contributed by atoms with Crippen molar-refractivity contribution in [2.75, 3.05) is 6.54 Å². The molecule has 40 heavy (non-hydrogen) atoms. The molecule has 2 aromatic carbocycles. The lowest BCUT2D eigenvalue weighted by atomic mass is 9.66. The number of piperidine rings is 1. The van der Waals surface area contributed by atoms with E-state index >= 15 is 0 Å². The Hall–Kier alpha value is -3.96. The van der Waals surface area contributed by atoms with Crippen LogP contribution in [0.3, 0.4) is 0 Å². The maximum Gasteiger partial charge on any atom is 0.373 e. The molecular weight excluding hydrogens is 528 g/mol. The van der Waals surface area contributed by atoms with E-state index in [0.717, 1.165) is 54.7 Å². The summed E-state index contributed by atoms with van der Waals surface area (Å²) in [6.07, 6.45) is 5.45. The van der Waals surface area contributed by atoms with Gasteiger partial charge in [0.15, 0.2) is 0 Å². The number of hydrogen-bond donors (Lipinski definition) is 2. The van der Waals surface area contributed by atoms with Gasteiger partial charge < -0.3 is 10.1 Å². The van der Waals surface area contributed by atoms with Crippen LogP contribution in [0.25, 0.3) is 27.1 Å². The van der Waals surface area contributed by atoms with Gasteiger partial charge in [-0.3, -0.25) is 4.68 Å². The topological polar surface area (TPSA) is 108 Å². The van der Waals surface area contributed by atoms with Crippen LogP contribution in [0, 0.1) is 24.3 Å². The van der Waals surface area contributed by atoms with Gasteiger partial charge in [-0.25, -0.2) is 0 Å². The van der Waals surface area contributed by atoms with Gasteiger partial charge in [-0.1, -0.05) is 54.1 Å². The van der Waals surface area contributed by atoms with E-state index in [-0.39, 0.29) is 24.2 Å². The van der Waals surface area contributed by atoms with Crippen LogP contribution in [0.15, 0.2) is 54.7 Å². The molecule has 2 aliphatic rings. The Bertz CT molecular complexity index is 1550. The first-order valence-electron chi connectivity index (χ1n) is 13.5. The lowest BCUT2D eigenvalue weighted by molar-refractivity contribution is -0.191. The summed E-state index contributed by atoms with van der Waals surface area (Å²) in [5, 5.41) is 23.1. The molecule has 1 saturated carbocycles. The third-order valence-electron chi connectivity index (χ3n) is 8.56. The number of nitrogens with zero attached hydrogens (tertiary/aromatic N) is 5. The number of H-pyrrole nitrogens is 1. The summed E-state index contributed by atoms with van der Waals surface area (Å²) in [6.45, 7) is 11.6. The molecule has 9 nitrogen and oxygen atoms in total. The highest BCUT2D eigenvalue weighted by Crippen LogP contribution is 2.47. The normalized spacial score (nSPS) is 23.9. The van der Waals surface area contributed by atoms with E-state index in [1.165, 1.54) is 10.9 Å². The van der Waals surface area contributed by atoms with E-state index in [4.69, 9.17) is 27.8 Å². The predicted molar refractivity (Wildman–Crippen MR) is 150 cm³/mol. The van der Waals surface area contributed by atoms with Gasteiger partial charge >= 0.3 is 6.15 Å². The minimum Gasteiger partial charge on any atom is -0.393 e. The molecule has 6 rings (SSSR count). The molecule has 0 unspecified atom stereocenters. The van der Waals surface area contributed by atoms with E-state index in [0.29, 0.717) is 23.4 Å². The van der Waals surface area contributed by atoms with Gasteiger partial charge in [-0.2, -0.15) is 21.1 Å². The van der Waals surface area contributed by atoms with E-state index in [1.54, 1.807) is 0 Å². The molecule has 206 valence electrons. The number of hydrogen-bond acceptors (Lipinski definition) is 6. The summed E-state index contributed by atoms with van der Waals surface area (Å²) in [4.78, 5) is 23.9. The highest BCUT2D eigenvalue weighted by molar-refractivity contribution is 6.30. The Morgan fingerprint density at radius 3 is 2.77 bits per heavy atom. The van der Waals surface area contributed by atoms with Crippen LogP contribution in [0.4, 0.5) is 0 Å². The highest BCUT2D eigenvalue weighted by Gasteiger charge is 2.46. The number of aromatic amines is 1. The zero-order chi connectivity index (χ0) is 28.2. The van der Waals surface area contributed by atoms with E-state index < -0.39 is 0 Å². The van der Waals surface area contributed by atoms with Gasteiger partial charge in [0.2, 0.25) is 0 Å². The molecule has 2 aromatic heterocycles. The Morgan fingerprint density at radius 2 is 2.00 bits per heavy atom. The van der Waals surface area contributed by atoms with Crippen molar-refractivity contribution in [1.29, 1.82) is 0 Å². The molecule has 1 aliphatic heterocycles. The SMILES string of the molecule is O=C=O.[C-]#[N+]N1C[C@@H]2CC[C@H](O)[C@H](C)[C@H]2C[C@H]1c1[nH]c2ccccc2c1CCn1cc(-c2cccc(Cl)c2)nn1. The van der Waals surface area contributed by atoms with Gasteiger partial charge in [0.05, 0.1) is 18.8 Å². The Labute approximate surface area is 237 Å². The first-order valence-corrected chi connectivity index (χ1v) is 13.9. The number of carbonyl (C=O) groups excluding carboxylic acids is 2. The molecule has 2 N–H and O–H groups in total. The van der Waals surface area contributed by atoms with Crippen molar-refractivity contribution in [3.8, 4) is 11.3 Å². The Morgan fingerprint density at radius 1 is 1.20 bits per heavy atom. The molecule has 10 heteroatoms. The smallest absolute Gasteiger partial charge is 0.373 e. The molecule has 4 aromatic rings. The predicted octanol–water partition coefficient (Wildman–Crippen LogP) is 5.34. The van der Waals surface area contributed by atoms with Gasteiger partial charge in [0, 0.05) is 33.7 Å². The third kappa shape index (κ3) is 5.52. The van der Waals surface area contributed by atoms with Crippen LogP contribution < -0.4 is 0 Å². The van der Waals surface area contributed by atoms with E-state index in [2.05, 4.69) is 45.4 Å². The number of para-hydroxylation sites is 1. The number of fused-ring (bicyclic) bond motifs is 2. The number of nitrogens with one attached hydrogen (secondary N) is 1. The Kier molecular flexibility index (Phi) is 8.32. The third-order valence-corrected chi connectivity index (χ3v) is 8.79. The second-order valence-electron chi connectivity index (χ2n) is 10.7. The number of aromatic nitrogens is 4. The van der Waals surface area contributed by atoms with Crippen LogP contribution in [-0.2, 0) is 22.6 Å². The number of rotatable bonds is 5. The van der Waals surface area contributed by atoms with Crippen LogP contribution in [-0.4, -0.2) is 48.9 Å². The summed E-state index contributed by atoms with van der Waals surface area (Å²) in [5.41, 5.74) is 5.19. The fourth-order valence-electron chi connectivity index (χ4n) is 6.52. The molecule has 0 amide bonds. The summed E-state index contributed by atoms with van der Waals surface area (Å²) in [7, 11) is 0. The van der Waals surface area contributed by atoms with Crippen molar-refractivity contribution >= 4 is 28.7 Å². The average molecular weight is 559 g/mol. The molecule has 5 atom stereocenters. The van der Waals surface area contributed by atoms with Gasteiger partial charge in [-0.15, -0.1) is 10.1 Å². The van der Waals surface area contributed by atoms with Crippen LogP contribution in [0.1, 0.15) is 43.5 Å². The molecule has 3 heterocycles. The fourth-order valence-corrected chi connectivity index (χ4v) is 6.71. The standard InChI is InChI=1S/C29H31ClN6O.CO2/c1-18-24-15-27(36(31-2)16-20(24)10-11-28(18)37)29-23(22-8-3-4-9-25(22)32-29)12-13-35-17-26(33-34-35)19-6-5-7-21(30)14-19;2-1-3/h3-9,14,17-18,20,24,27-28,32,37H,10-13,15-16H2,1H3;/t18-,20+,24-,27+,28+;/m1./s1. The monoisotopic (exact) mass is 558 g/mol. The molecule has 1 saturated heterocycles. The molecule has 0 bridgehead atoms. The summed E-state index contributed by atoms with van der Waals surface area (Å²) in [6, 6.07) is 16.0. The zero-order valence-electron chi connectivity index (χ0n) is 22.2. The summed E-state index contributed by atoms with van der Waals surface area (Å²) in [5.74, 6) is 1.14. The molecule has 0 spiro atoms. The maximum absolute atomic E-state index is 10.6. The van der Waals surface area contributed by atoms with Crippen LogP contribution in [0.2, 0.25) is 5.02 Å². The maximum atomic E-state index is 10.6. The fraction of sp³-hybridized carbons (Fsp3) is 0.400. The molecule has 1 aliphatic carbocycles. The summed E-state index contributed by atoms with van der Waals surface area (Å²) >= 11 is 6.16. The van der Waals surface area contributed by atoms with Crippen molar-refractivity contribution in [3.05, 3.63) is 82.5 Å². The van der Waals surface area contributed by atoms with Crippen molar-refractivity contribution < 1.29 is 14.7 Å². The number of benzene rings is 2. The van der Waals surface area contributed by atoms with Crippen molar-refractivity contribution in [3.63, 3.8) is 0 Å². The van der Waals surface area contributed by atoms with E-state index in [9.17, 15) is 5.11 Å². The largest absolute Gasteiger partial charge is 0.393 e. The number of aliphatic hydroxyl groups excluding tert-OH is 1. The number of aryl methyl sites for hydroxylation is 2. The first-order chi connectivity index (χ1) is 19.4. The Balaban J connectivity index is 0.00000103. The average Bonchev–Trinajstić information content (AvgIpc) is 3.59. The van der Waals surface area contributed by atoms with Crippen molar-refractivity contribution in [2.45, 2.75) is 51.3 Å². The quantitative estimate of drug-likeness (QED) is 0.320. The first kappa shape index (κ1) is 27.6. The number of halogens is 1. The lowest BCUT2D eigenvalue weighted by Gasteiger charge is -2.45. The highest BCUT2D eigenvalue weighted by atomic mass is 35.5. The number of aliphatic hydroxyl groups is 1. The lowest BCUT2D eigenvalue weighted by Crippen LogP contribution is -2.47.